The number of benzene rings is 1. The lowest BCUT2D eigenvalue weighted by Crippen LogP contribution is -2.40. The van der Waals surface area contributed by atoms with Gasteiger partial charge in [-0.1, -0.05) is 6.07 Å². The van der Waals surface area contributed by atoms with Gasteiger partial charge in [0.2, 0.25) is 17.8 Å². The Bertz CT molecular complexity index is 863. The maximum atomic E-state index is 5.45. The monoisotopic (exact) mass is 429 g/mol. The number of nitrogens with zero attached hydrogens (tertiary/aromatic N) is 6. The third kappa shape index (κ3) is 5.12. The van der Waals surface area contributed by atoms with Crippen LogP contribution < -0.4 is 24.7 Å². The summed E-state index contributed by atoms with van der Waals surface area (Å²) in [4.78, 5) is 18.0. The molecular weight excluding hydrogens is 402 g/mol. The smallest absolute Gasteiger partial charge is 0.250 e. The molecule has 2 saturated heterocycles. The molecule has 2 aliphatic rings. The van der Waals surface area contributed by atoms with Gasteiger partial charge in [-0.15, -0.1) is 0 Å². The predicted octanol–water partition coefficient (Wildman–Crippen LogP) is 1.01. The summed E-state index contributed by atoms with van der Waals surface area (Å²) in [5.41, 5.74) is 3.70. The van der Waals surface area contributed by atoms with E-state index in [0.717, 1.165) is 31.7 Å². The third-order valence-electron chi connectivity index (χ3n) is 5.00. The zero-order valence-corrected chi connectivity index (χ0v) is 17.8. The maximum absolute atomic E-state index is 5.45. The standard InChI is InChI=1S/C20H27N7O4/c1-28-16-5-3-4-15(17(16)29-2)14-21-25-18-22-19(26-6-10-30-11-7-26)24-20(23-18)27-8-12-31-13-9-27/h3-5,14H,6-13H2,1-2H3,(H,22,23,24,25)/b21-14+. The van der Waals surface area contributed by atoms with Gasteiger partial charge in [-0.25, -0.2) is 5.43 Å². The molecule has 0 radical (unpaired) electrons. The summed E-state index contributed by atoms with van der Waals surface area (Å²) in [7, 11) is 3.19. The summed E-state index contributed by atoms with van der Waals surface area (Å²) in [5.74, 6) is 2.83. The van der Waals surface area contributed by atoms with Crippen molar-refractivity contribution in [3.05, 3.63) is 23.8 Å². The van der Waals surface area contributed by atoms with Crippen molar-refractivity contribution in [3.8, 4) is 11.5 Å². The summed E-state index contributed by atoms with van der Waals surface area (Å²) in [6, 6.07) is 5.59. The van der Waals surface area contributed by atoms with Crippen LogP contribution >= 0.6 is 0 Å². The number of ether oxygens (including phenoxy) is 4. The summed E-state index contributed by atoms with van der Waals surface area (Å²) < 4.78 is 21.7. The van der Waals surface area contributed by atoms with Crippen LogP contribution in [0.4, 0.5) is 17.8 Å². The molecule has 0 amide bonds. The highest BCUT2D eigenvalue weighted by molar-refractivity contribution is 5.85. The quantitative estimate of drug-likeness (QED) is 0.506. The first-order valence-electron chi connectivity index (χ1n) is 10.2. The molecule has 1 aromatic carbocycles. The molecular formula is C20H27N7O4. The summed E-state index contributed by atoms with van der Waals surface area (Å²) in [6.07, 6.45) is 1.65. The Morgan fingerprint density at radius 3 is 2.06 bits per heavy atom. The van der Waals surface area contributed by atoms with E-state index in [1.54, 1.807) is 20.4 Å². The molecule has 0 spiro atoms. The number of hydrogen-bond donors (Lipinski definition) is 1. The van der Waals surface area contributed by atoms with Crippen LogP contribution in [-0.2, 0) is 9.47 Å². The van der Waals surface area contributed by atoms with Crippen molar-refractivity contribution in [1.29, 1.82) is 0 Å². The van der Waals surface area contributed by atoms with Crippen LogP contribution in [0.25, 0.3) is 0 Å². The van der Waals surface area contributed by atoms with Gasteiger partial charge >= 0.3 is 0 Å². The Kier molecular flexibility index (Phi) is 6.95. The maximum Gasteiger partial charge on any atom is 0.250 e. The minimum atomic E-state index is 0.371. The topological polar surface area (TPSA) is 106 Å². The normalized spacial score (nSPS) is 17.1. The molecule has 1 aromatic heterocycles. The first-order valence-corrected chi connectivity index (χ1v) is 10.2. The molecule has 0 aliphatic carbocycles. The van der Waals surface area contributed by atoms with E-state index in [1.165, 1.54) is 0 Å². The zero-order valence-electron chi connectivity index (χ0n) is 17.8. The first-order chi connectivity index (χ1) is 15.3. The van der Waals surface area contributed by atoms with Gasteiger partial charge in [-0.05, 0) is 12.1 Å². The average Bonchev–Trinajstić information content (AvgIpc) is 2.84. The Hall–Kier alpha value is -3.18. The van der Waals surface area contributed by atoms with Crippen LogP contribution in [0.15, 0.2) is 23.3 Å². The van der Waals surface area contributed by atoms with Crippen LogP contribution in [-0.4, -0.2) is 88.0 Å². The van der Waals surface area contributed by atoms with Gasteiger partial charge in [0.1, 0.15) is 0 Å². The second-order valence-electron chi connectivity index (χ2n) is 6.91. The van der Waals surface area contributed by atoms with E-state index >= 15 is 0 Å². The number of morpholine rings is 2. The lowest BCUT2D eigenvalue weighted by Gasteiger charge is -2.30. The molecule has 0 saturated carbocycles. The molecule has 2 fully saturated rings. The molecule has 0 atom stereocenters. The Labute approximate surface area is 181 Å². The van der Waals surface area contributed by atoms with Crippen molar-refractivity contribution in [1.82, 2.24) is 15.0 Å². The summed E-state index contributed by atoms with van der Waals surface area (Å²) in [6.45, 7) is 5.52. The van der Waals surface area contributed by atoms with E-state index in [4.69, 9.17) is 18.9 Å². The number of methoxy groups -OCH3 is 2. The molecule has 2 aliphatic heterocycles. The number of hydrogen-bond acceptors (Lipinski definition) is 11. The minimum absolute atomic E-state index is 0.371. The zero-order chi connectivity index (χ0) is 21.5. The van der Waals surface area contributed by atoms with Crippen molar-refractivity contribution < 1.29 is 18.9 Å². The highest BCUT2D eigenvalue weighted by atomic mass is 16.5. The summed E-state index contributed by atoms with van der Waals surface area (Å²) in [5, 5.41) is 4.32. The Morgan fingerprint density at radius 1 is 0.903 bits per heavy atom. The van der Waals surface area contributed by atoms with Crippen molar-refractivity contribution >= 4 is 24.1 Å². The highest BCUT2D eigenvalue weighted by Gasteiger charge is 2.20. The van der Waals surface area contributed by atoms with Crippen LogP contribution in [0.5, 0.6) is 11.5 Å². The Morgan fingerprint density at radius 2 is 1.52 bits per heavy atom. The van der Waals surface area contributed by atoms with E-state index in [2.05, 4.69) is 35.3 Å². The van der Waals surface area contributed by atoms with E-state index in [-0.39, 0.29) is 0 Å². The molecule has 4 rings (SSSR count). The van der Waals surface area contributed by atoms with Gasteiger partial charge in [-0.2, -0.15) is 20.1 Å². The number of nitrogens with one attached hydrogen (secondary N) is 1. The van der Waals surface area contributed by atoms with Crippen LogP contribution in [0.3, 0.4) is 0 Å². The second-order valence-corrected chi connectivity index (χ2v) is 6.91. The molecule has 11 nitrogen and oxygen atoms in total. The van der Waals surface area contributed by atoms with Crippen molar-refractivity contribution in [2.24, 2.45) is 5.10 Å². The largest absolute Gasteiger partial charge is 0.493 e. The fourth-order valence-electron chi connectivity index (χ4n) is 3.39. The van der Waals surface area contributed by atoms with Gasteiger partial charge in [-0.3, -0.25) is 0 Å². The molecule has 166 valence electrons. The van der Waals surface area contributed by atoms with E-state index < -0.39 is 0 Å². The van der Waals surface area contributed by atoms with Crippen molar-refractivity contribution in [2.45, 2.75) is 0 Å². The van der Waals surface area contributed by atoms with Crippen LogP contribution in [0, 0.1) is 0 Å². The lowest BCUT2D eigenvalue weighted by molar-refractivity contribution is 0.121. The van der Waals surface area contributed by atoms with Gasteiger partial charge in [0, 0.05) is 31.7 Å². The van der Waals surface area contributed by atoms with Gasteiger partial charge in [0.05, 0.1) is 46.9 Å². The number of aromatic nitrogens is 3. The number of hydrazone groups is 1. The number of anilines is 3. The van der Waals surface area contributed by atoms with Gasteiger partial charge in [0.15, 0.2) is 11.5 Å². The molecule has 0 unspecified atom stereocenters. The molecule has 1 N–H and O–H groups in total. The van der Waals surface area contributed by atoms with Crippen molar-refractivity contribution in [2.75, 3.05) is 82.1 Å². The summed E-state index contributed by atoms with van der Waals surface area (Å²) >= 11 is 0. The fraction of sp³-hybridized carbons (Fsp3) is 0.500. The highest BCUT2D eigenvalue weighted by Crippen LogP contribution is 2.29. The van der Waals surface area contributed by atoms with Crippen LogP contribution in [0.1, 0.15) is 5.56 Å². The van der Waals surface area contributed by atoms with Crippen LogP contribution in [0.2, 0.25) is 0 Å². The second kappa shape index (κ2) is 10.2. The average molecular weight is 429 g/mol. The number of rotatable bonds is 7. The predicted molar refractivity (Wildman–Crippen MR) is 117 cm³/mol. The third-order valence-corrected chi connectivity index (χ3v) is 5.00. The van der Waals surface area contributed by atoms with E-state index in [0.29, 0.717) is 55.8 Å². The van der Waals surface area contributed by atoms with Gasteiger partial charge < -0.3 is 28.7 Å². The molecule has 11 heteroatoms. The molecule has 31 heavy (non-hydrogen) atoms. The number of para-hydroxylation sites is 1. The Balaban J connectivity index is 1.57. The molecule has 0 bridgehead atoms. The van der Waals surface area contributed by atoms with E-state index in [9.17, 15) is 0 Å². The SMILES string of the molecule is COc1cccc(/C=N/Nc2nc(N3CCOCC3)nc(N3CCOCC3)n2)c1OC. The molecule has 3 heterocycles. The lowest BCUT2D eigenvalue weighted by atomic mass is 10.2. The van der Waals surface area contributed by atoms with Crippen molar-refractivity contribution in [3.63, 3.8) is 0 Å². The molecule has 2 aromatic rings. The first kappa shape index (κ1) is 21.1. The fourth-order valence-corrected chi connectivity index (χ4v) is 3.39. The minimum Gasteiger partial charge on any atom is -0.493 e. The van der Waals surface area contributed by atoms with E-state index in [1.807, 2.05) is 18.2 Å². The van der Waals surface area contributed by atoms with Gasteiger partial charge in [0.25, 0.3) is 0 Å².